The number of nitrogens with zero attached hydrogens (tertiary/aromatic N) is 1. The summed E-state index contributed by atoms with van der Waals surface area (Å²) >= 11 is 0. The molecule has 0 unspecified atom stereocenters. The van der Waals surface area contributed by atoms with Crippen LogP contribution in [0.4, 0.5) is 4.79 Å². The Morgan fingerprint density at radius 2 is 1.83 bits per heavy atom. The van der Waals surface area contributed by atoms with E-state index in [4.69, 9.17) is 5.11 Å². The van der Waals surface area contributed by atoms with Gasteiger partial charge in [0.25, 0.3) is 0 Å². The molecule has 0 aliphatic rings. The third-order valence-electron chi connectivity index (χ3n) is 1.80. The Balaban J connectivity index is 3.56. The monoisotopic (exact) mass is 173 g/mol. The fourth-order valence-electron chi connectivity index (χ4n) is 1.13. The van der Waals surface area contributed by atoms with Crippen LogP contribution in [-0.4, -0.2) is 29.2 Å². The fourth-order valence-corrected chi connectivity index (χ4v) is 1.13. The van der Waals surface area contributed by atoms with Crippen molar-refractivity contribution in [3.63, 3.8) is 0 Å². The predicted octanol–water partition coefficient (Wildman–Crippen LogP) is 2.57. The van der Waals surface area contributed by atoms with Crippen molar-refractivity contribution < 1.29 is 9.90 Å². The van der Waals surface area contributed by atoms with Gasteiger partial charge in [0.05, 0.1) is 0 Å². The quantitative estimate of drug-likeness (QED) is 0.627. The molecule has 0 aromatic carbocycles. The maximum atomic E-state index is 10.6. The van der Waals surface area contributed by atoms with E-state index in [2.05, 4.69) is 6.92 Å². The number of hydrogen-bond acceptors (Lipinski definition) is 1. The Hall–Kier alpha value is -0.730. The SMILES string of the molecule is CCCCCN(CCC)C(=O)O. The Morgan fingerprint density at radius 1 is 1.17 bits per heavy atom. The standard InChI is InChI=1S/C9H19NO2/c1-3-5-6-8-10(7-4-2)9(11)12/h3-8H2,1-2H3,(H,11,12). The van der Waals surface area contributed by atoms with Gasteiger partial charge in [-0.2, -0.15) is 0 Å². The molecule has 0 saturated carbocycles. The summed E-state index contributed by atoms with van der Waals surface area (Å²) in [5, 5.41) is 8.73. The molecule has 0 aromatic rings. The molecule has 0 fully saturated rings. The van der Waals surface area contributed by atoms with E-state index in [-0.39, 0.29) is 0 Å². The van der Waals surface area contributed by atoms with Crippen LogP contribution >= 0.6 is 0 Å². The van der Waals surface area contributed by atoms with Crippen molar-refractivity contribution in [1.82, 2.24) is 4.90 Å². The maximum absolute atomic E-state index is 10.6. The molecule has 0 saturated heterocycles. The van der Waals surface area contributed by atoms with Crippen LogP contribution in [0.5, 0.6) is 0 Å². The largest absolute Gasteiger partial charge is 0.465 e. The van der Waals surface area contributed by atoms with Gasteiger partial charge in [0.2, 0.25) is 0 Å². The van der Waals surface area contributed by atoms with Gasteiger partial charge in [-0.25, -0.2) is 4.79 Å². The van der Waals surface area contributed by atoms with Crippen LogP contribution in [0.3, 0.4) is 0 Å². The van der Waals surface area contributed by atoms with Crippen molar-refractivity contribution in [3.05, 3.63) is 0 Å². The van der Waals surface area contributed by atoms with Gasteiger partial charge in [-0.3, -0.25) is 0 Å². The molecular weight excluding hydrogens is 154 g/mol. The average Bonchev–Trinajstić information content (AvgIpc) is 2.03. The molecule has 0 aromatic heterocycles. The van der Waals surface area contributed by atoms with E-state index in [0.29, 0.717) is 13.1 Å². The first-order chi connectivity index (χ1) is 5.72. The predicted molar refractivity (Wildman–Crippen MR) is 49.4 cm³/mol. The van der Waals surface area contributed by atoms with E-state index in [1.807, 2.05) is 6.92 Å². The van der Waals surface area contributed by atoms with E-state index < -0.39 is 6.09 Å². The first kappa shape index (κ1) is 11.3. The molecule has 0 aliphatic carbocycles. The van der Waals surface area contributed by atoms with Crippen LogP contribution in [0, 0.1) is 0 Å². The second kappa shape index (κ2) is 6.95. The molecule has 0 atom stereocenters. The minimum atomic E-state index is -0.784. The van der Waals surface area contributed by atoms with Gasteiger partial charge >= 0.3 is 6.09 Å². The zero-order chi connectivity index (χ0) is 9.40. The summed E-state index contributed by atoms with van der Waals surface area (Å²) in [6, 6.07) is 0. The van der Waals surface area contributed by atoms with Crippen molar-refractivity contribution in [2.45, 2.75) is 39.5 Å². The third-order valence-corrected chi connectivity index (χ3v) is 1.80. The van der Waals surface area contributed by atoms with E-state index in [1.165, 1.54) is 4.90 Å². The van der Waals surface area contributed by atoms with Crippen LogP contribution in [0.15, 0.2) is 0 Å². The van der Waals surface area contributed by atoms with Crippen molar-refractivity contribution in [2.75, 3.05) is 13.1 Å². The summed E-state index contributed by atoms with van der Waals surface area (Å²) < 4.78 is 0. The number of carbonyl (C=O) groups is 1. The molecule has 12 heavy (non-hydrogen) atoms. The smallest absolute Gasteiger partial charge is 0.407 e. The molecule has 0 rings (SSSR count). The number of carboxylic acid groups (broad SMARTS) is 1. The molecular formula is C9H19NO2. The van der Waals surface area contributed by atoms with Crippen LogP contribution in [0.1, 0.15) is 39.5 Å². The highest BCUT2D eigenvalue weighted by molar-refractivity contribution is 5.64. The van der Waals surface area contributed by atoms with Crippen LogP contribution in [0.2, 0.25) is 0 Å². The molecule has 0 heterocycles. The Bertz CT molecular complexity index is 126. The zero-order valence-electron chi connectivity index (χ0n) is 8.05. The average molecular weight is 173 g/mol. The number of hydrogen-bond donors (Lipinski definition) is 1. The highest BCUT2D eigenvalue weighted by Crippen LogP contribution is 1.99. The topological polar surface area (TPSA) is 40.5 Å². The highest BCUT2D eigenvalue weighted by Gasteiger charge is 2.08. The van der Waals surface area contributed by atoms with Crippen molar-refractivity contribution in [2.24, 2.45) is 0 Å². The van der Waals surface area contributed by atoms with Crippen LogP contribution in [-0.2, 0) is 0 Å². The molecule has 1 amide bonds. The summed E-state index contributed by atoms with van der Waals surface area (Å²) in [5.41, 5.74) is 0. The molecule has 3 heteroatoms. The lowest BCUT2D eigenvalue weighted by atomic mass is 10.2. The summed E-state index contributed by atoms with van der Waals surface area (Å²) in [7, 11) is 0. The minimum Gasteiger partial charge on any atom is -0.465 e. The lowest BCUT2D eigenvalue weighted by molar-refractivity contribution is 0.144. The van der Waals surface area contributed by atoms with Gasteiger partial charge in [-0.05, 0) is 12.8 Å². The molecule has 0 spiro atoms. The van der Waals surface area contributed by atoms with E-state index in [1.54, 1.807) is 0 Å². The number of amides is 1. The summed E-state index contributed by atoms with van der Waals surface area (Å²) in [5.74, 6) is 0. The minimum absolute atomic E-state index is 0.666. The van der Waals surface area contributed by atoms with Crippen molar-refractivity contribution in [3.8, 4) is 0 Å². The number of rotatable bonds is 6. The van der Waals surface area contributed by atoms with Crippen molar-refractivity contribution in [1.29, 1.82) is 0 Å². The van der Waals surface area contributed by atoms with Gasteiger partial charge in [-0.15, -0.1) is 0 Å². The molecule has 3 nitrogen and oxygen atoms in total. The van der Waals surface area contributed by atoms with E-state index >= 15 is 0 Å². The van der Waals surface area contributed by atoms with Gasteiger partial charge in [0.15, 0.2) is 0 Å². The molecule has 0 bridgehead atoms. The Kier molecular flexibility index (Phi) is 6.53. The normalized spacial score (nSPS) is 9.83. The Labute approximate surface area is 74.4 Å². The molecule has 0 radical (unpaired) electrons. The van der Waals surface area contributed by atoms with Crippen molar-refractivity contribution >= 4 is 6.09 Å². The summed E-state index contributed by atoms with van der Waals surface area (Å²) in [6.07, 6.45) is 3.36. The first-order valence-corrected chi connectivity index (χ1v) is 4.70. The fraction of sp³-hybridized carbons (Fsp3) is 0.889. The third kappa shape index (κ3) is 4.99. The van der Waals surface area contributed by atoms with E-state index in [0.717, 1.165) is 25.7 Å². The maximum Gasteiger partial charge on any atom is 0.407 e. The van der Waals surface area contributed by atoms with Gasteiger partial charge in [-0.1, -0.05) is 26.7 Å². The van der Waals surface area contributed by atoms with Gasteiger partial charge in [0.1, 0.15) is 0 Å². The molecule has 0 aliphatic heterocycles. The second-order valence-corrected chi connectivity index (χ2v) is 2.98. The van der Waals surface area contributed by atoms with Gasteiger partial charge < -0.3 is 10.0 Å². The zero-order valence-corrected chi connectivity index (χ0v) is 8.05. The Morgan fingerprint density at radius 3 is 2.25 bits per heavy atom. The van der Waals surface area contributed by atoms with Crippen LogP contribution in [0.25, 0.3) is 0 Å². The highest BCUT2D eigenvalue weighted by atomic mass is 16.4. The summed E-state index contributed by atoms with van der Waals surface area (Å²) in [6.45, 7) is 5.47. The summed E-state index contributed by atoms with van der Waals surface area (Å²) in [4.78, 5) is 12.1. The first-order valence-electron chi connectivity index (χ1n) is 4.70. The molecule has 72 valence electrons. The van der Waals surface area contributed by atoms with E-state index in [9.17, 15) is 4.79 Å². The van der Waals surface area contributed by atoms with Crippen LogP contribution < -0.4 is 0 Å². The lowest BCUT2D eigenvalue weighted by Crippen LogP contribution is -2.31. The second-order valence-electron chi connectivity index (χ2n) is 2.98. The van der Waals surface area contributed by atoms with Gasteiger partial charge in [0, 0.05) is 13.1 Å². The lowest BCUT2D eigenvalue weighted by Gasteiger charge is -2.17. The number of unbranched alkanes of at least 4 members (excludes halogenated alkanes) is 2. The molecule has 1 N–H and O–H groups in total.